The monoisotopic (exact) mass is 383 g/mol. The van der Waals surface area contributed by atoms with Gasteiger partial charge in [0.1, 0.15) is 17.8 Å². The number of para-hydroxylation sites is 1. The van der Waals surface area contributed by atoms with Crippen LogP contribution in [0.2, 0.25) is 0 Å². The normalized spacial score (nSPS) is 14.0. The van der Waals surface area contributed by atoms with E-state index in [1.54, 1.807) is 29.2 Å². The van der Waals surface area contributed by atoms with Gasteiger partial charge in [0.15, 0.2) is 5.82 Å². The van der Waals surface area contributed by atoms with E-state index in [-0.39, 0.29) is 5.69 Å². The molecular formula is C18H18FN7O2. The zero-order chi connectivity index (χ0) is 19.3. The Balaban J connectivity index is 1.49. The minimum absolute atomic E-state index is 0.0952. The Morgan fingerprint density at radius 2 is 1.96 bits per heavy atom. The van der Waals surface area contributed by atoms with Crippen LogP contribution in [0.15, 0.2) is 49.2 Å². The molecule has 0 aliphatic carbocycles. The van der Waals surface area contributed by atoms with Crippen LogP contribution in [-0.4, -0.2) is 52.1 Å². The number of carbonyl (C=O) groups excluding carboxylic acids is 1. The van der Waals surface area contributed by atoms with Gasteiger partial charge in [-0.3, -0.25) is 0 Å². The summed E-state index contributed by atoms with van der Waals surface area (Å²) in [6, 6.07) is 5.37. The number of carbonyl (C=O) groups is 1. The summed E-state index contributed by atoms with van der Waals surface area (Å²) < 4.78 is 20.6. The van der Waals surface area contributed by atoms with E-state index in [9.17, 15) is 9.18 Å². The lowest BCUT2D eigenvalue weighted by molar-refractivity contribution is 0.122. The molecule has 0 spiro atoms. The summed E-state index contributed by atoms with van der Waals surface area (Å²) in [5, 5.41) is 9.36. The fraction of sp³-hybridized carbons (Fsp3) is 0.222. The van der Waals surface area contributed by atoms with Crippen LogP contribution in [-0.2, 0) is 4.74 Å². The van der Waals surface area contributed by atoms with E-state index in [4.69, 9.17) is 4.74 Å². The SMILES string of the molecule is O=C(Nc1cnn(-c2ncncc2N2CCOCC2)c1)Nc1ccccc1F. The van der Waals surface area contributed by atoms with Crippen LogP contribution in [0.5, 0.6) is 0 Å². The van der Waals surface area contributed by atoms with Crippen molar-refractivity contribution in [2.24, 2.45) is 0 Å². The zero-order valence-corrected chi connectivity index (χ0v) is 14.9. The number of urea groups is 1. The third-order valence-corrected chi connectivity index (χ3v) is 4.20. The van der Waals surface area contributed by atoms with Crippen LogP contribution in [0, 0.1) is 5.82 Å². The first-order chi connectivity index (χ1) is 13.7. The summed E-state index contributed by atoms with van der Waals surface area (Å²) >= 11 is 0. The fourth-order valence-corrected chi connectivity index (χ4v) is 2.87. The minimum atomic E-state index is -0.569. The van der Waals surface area contributed by atoms with Gasteiger partial charge in [-0.25, -0.2) is 23.8 Å². The Morgan fingerprint density at radius 1 is 1.14 bits per heavy atom. The average molecular weight is 383 g/mol. The zero-order valence-electron chi connectivity index (χ0n) is 14.9. The van der Waals surface area contributed by atoms with Gasteiger partial charge in [-0.15, -0.1) is 0 Å². The van der Waals surface area contributed by atoms with Crippen molar-refractivity contribution in [3.8, 4) is 5.82 Å². The quantitative estimate of drug-likeness (QED) is 0.717. The highest BCUT2D eigenvalue weighted by Crippen LogP contribution is 2.23. The smallest absolute Gasteiger partial charge is 0.323 e. The van der Waals surface area contributed by atoms with Gasteiger partial charge in [0.2, 0.25) is 0 Å². The van der Waals surface area contributed by atoms with E-state index in [0.29, 0.717) is 24.7 Å². The van der Waals surface area contributed by atoms with Gasteiger partial charge in [0.05, 0.1) is 43.2 Å². The van der Waals surface area contributed by atoms with Crippen LogP contribution >= 0.6 is 0 Å². The molecular weight excluding hydrogens is 365 g/mol. The van der Waals surface area contributed by atoms with Crippen molar-refractivity contribution in [2.45, 2.75) is 0 Å². The molecule has 2 N–H and O–H groups in total. The number of amides is 2. The molecule has 1 fully saturated rings. The van der Waals surface area contributed by atoms with E-state index in [0.717, 1.165) is 18.8 Å². The molecule has 0 saturated carbocycles. The summed E-state index contributed by atoms with van der Waals surface area (Å²) in [5.74, 6) is 0.0870. The molecule has 28 heavy (non-hydrogen) atoms. The standard InChI is InChI=1S/C18H18FN7O2/c19-14-3-1-2-4-15(14)24-18(27)23-13-9-22-26(11-13)17-16(10-20-12-21-17)25-5-7-28-8-6-25/h1-4,9-12H,5-8H2,(H2,23,24,27). The molecule has 10 heteroatoms. The second kappa shape index (κ2) is 8.01. The second-order valence-corrected chi connectivity index (χ2v) is 6.06. The van der Waals surface area contributed by atoms with Crippen molar-refractivity contribution >= 4 is 23.1 Å². The maximum atomic E-state index is 13.6. The first kappa shape index (κ1) is 17.9. The molecule has 0 bridgehead atoms. The number of rotatable bonds is 4. The van der Waals surface area contributed by atoms with E-state index in [1.165, 1.54) is 24.7 Å². The number of nitrogens with zero attached hydrogens (tertiary/aromatic N) is 5. The summed E-state index contributed by atoms with van der Waals surface area (Å²) in [5.41, 5.74) is 1.37. The highest BCUT2D eigenvalue weighted by molar-refractivity contribution is 5.99. The number of nitrogens with one attached hydrogen (secondary N) is 2. The molecule has 1 aliphatic heterocycles. The first-order valence-electron chi connectivity index (χ1n) is 8.71. The molecule has 1 saturated heterocycles. The van der Waals surface area contributed by atoms with Crippen LogP contribution in [0.4, 0.5) is 26.2 Å². The lowest BCUT2D eigenvalue weighted by atomic mass is 10.3. The third-order valence-electron chi connectivity index (χ3n) is 4.20. The molecule has 1 aromatic carbocycles. The van der Waals surface area contributed by atoms with Crippen molar-refractivity contribution in [1.82, 2.24) is 19.7 Å². The van der Waals surface area contributed by atoms with Crippen molar-refractivity contribution in [2.75, 3.05) is 41.8 Å². The molecule has 1 aliphatic rings. The van der Waals surface area contributed by atoms with E-state index >= 15 is 0 Å². The maximum absolute atomic E-state index is 13.6. The minimum Gasteiger partial charge on any atom is -0.378 e. The van der Waals surface area contributed by atoms with Crippen LogP contribution in [0.25, 0.3) is 5.82 Å². The third kappa shape index (κ3) is 3.91. The molecule has 9 nitrogen and oxygen atoms in total. The van der Waals surface area contributed by atoms with Crippen LogP contribution in [0.3, 0.4) is 0 Å². The number of hydrogen-bond acceptors (Lipinski definition) is 6. The topological polar surface area (TPSA) is 97.2 Å². The van der Waals surface area contributed by atoms with Crippen LogP contribution in [0.1, 0.15) is 0 Å². The second-order valence-electron chi connectivity index (χ2n) is 6.06. The fourth-order valence-electron chi connectivity index (χ4n) is 2.87. The summed E-state index contributed by atoms with van der Waals surface area (Å²) in [4.78, 5) is 22.7. The largest absolute Gasteiger partial charge is 0.378 e. The number of aromatic nitrogens is 4. The molecule has 0 atom stereocenters. The van der Waals surface area contributed by atoms with Gasteiger partial charge >= 0.3 is 6.03 Å². The van der Waals surface area contributed by atoms with Crippen molar-refractivity contribution in [3.05, 3.63) is 55.0 Å². The van der Waals surface area contributed by atoms with Gasteiger partial charge in [-0.05, 0) is 12.1 Å². The van der Waals surface area contributed by atoms with Crippen molar-refractivity contribution in [3.63, 3.8) is 0 Å². The summed E-state index contributed by atoms with van der Waals surface area (Å²) in [6.45, 7) is 2.74. The highest BCUT2D eigenvalue weighted by atomic mass is 19.1. The average Bonchev–Trinajstić information content (AvgIpc) is 3.18. The molecule has 0 unspecified atom stereocenters. The Kier molecular flexibility index (Phi) is 5.11. The number of ether oxygens (including phenoxy) is 1. The van der Waals surface area contributed by atoms with E-state index in [1.807, 2.05) is 0 Å². The van der Waals surface area contributed by atoms with Gasteiger partial charge in [-0.2, -0.15) is 5.10 Å². The van der Waals surface area contributed by atoms with Crippen molar-refractivity contribution < 1.29 is 13.9 Å². The Labute approximate surface area is 160 Å². The van der Waals surface area contributed by atoms with Gasteiger partial charge in [0, 0.05) is 13.1 Å². The number of halogens is 1. The molecule has 3 aromatic rings. The Bertz CT molecular complexity index is 972. The summed E-state index contributed by atoms with van der Waals surface area (Å²) in [6.07, 6.45) is 6.30. The van der Waals surface area contributed by atoms with Crippen LogP contribution < -0.4 is 15.5 Å². The molecule has 0 radical (unpaired) electrons. The number of hydrogen-bond donors (Lipinski definition) is 2. The molecule has 2 amide bonds. The first-order valence-corrected chi connectivity index (χ1v) is 8.71. The van der Waals surface area contributed by atoms with Gasteiger partial charge in [0.25, 0.3) is 0 Å². The van der Waals surface area contributed by atoms with Crippen molar-refractivity contribution in [1.29, 1.82) is 0 Å². The lowest BCUT2D eigenvalue weighted by Gasteiger charge is -2.29. The van der Waals surface area contributed by atoms with E-state index in [2.05, 4.69) is 30.6 Å². The lowest BCUT2D eigenvalue weighted by Crippen LogP contribution is -2.37. The molecule has 3 heterocycles. The number of anilines is 3. The molecule has 4 rings (SSSR count). The Hall–Kier alpha value is -3.53. The molecule has 144 valence electrons. The Morgan fingerprint density at radius 3 is 2.79 bits per heavy atom. The highest BCUT2D eigenvalue weighted by Gasteiger charge is 2.18. The van der Waals surface area contributed by atoms with Gasteiger partial charge in [-0.1, -0.05) is 12.1 Å². The predicted molar refractivity (Wildman–Crippen MR) is 101 cm³/mol. The predicted octanol–water partition coefficient (Wildman–Crippen LogP) is 2.28. The van der Waals surface area contributed by atoms with E-state index < -0.39 is 11.8 Å². The maximum Gasteiger partial charge on any atom is 0.323 e. The number of benzene rings is 1. The number of morpholine rings is 1. The van der Waals surface area contributed by atoms with Gasteiger partial charge < -0.3 is 20.3 Å². The molecule has 2 aromatic heterocycles. The summed E-state index contributed by atoms with van der Waals surface area (Å²) in [7, 11) is 0.